The first kappa shape index (κ1) is 12.9. The largest absolute Gasteiger partial charge is 0.314 e. The molecule has 1 N–H and O–H groups in total. The Balaban J connectivity index is 2.59. The Morgan fingerprint density at radius 3 is 2.50 bits per heavy atom. The van der Waals surface area contributed by atoms with Gasteiger partial charge in [-0.3, -0.25) is 0 Å². The lowest BCUT2D eigenvalue weighted by Gasteiger charge is -2.18. The van der Waals surface area contributed by atoms with Gasteiger partial charge in [-0.25, -0.2) is 4.39 Å². The highest BCUT2D eigenvalue weighted by atomic mass is 19.1. The van der Waals surface area contributed by atoms with Gasteiger partial charge in [0.15, 0.2) is 0 Å². The van der Waals surface area contributed by atoms with E-state index in [1.54, 1.807) is 0 Å². The van der Waals surface area contributed by atoms with Crippen LogP contribution >= 0.6 is 0 Å². The van der Waals surface area contributed by atoms with E-state index in [1.165, 1.54) is 17.7 Å². The molecular formula is C14H20FN. The zero-order chi connectivity index (χ0) is 12.0. The van der Waals surface area contributed by atoms with Crippen LogP contribution in [0.2, 0.25) is 0 Å². The molecule has 1 aromatic rings. The van der Waals surface area contributed by atoms with Gasteiger partial charge in [-0.1, -0.05) is 24.6 Å². The van der Waals surface area contributed by atoms with Crippen LogP contribution in [0.4, 0.5) is 4.39 Å². The van der Waals surface area contributed by atoms with E-state index in [9.17, 15) is 4.39 Å². The summed E-state index contributed by atoms with van der Waals surface area (Å²) in [5.74, 6) is -0.177. The fraction of sp³-hybridized carbons (Fsp3) is 0.429. The Hall–Kier alpha value is -1.15. The summed E-state index contributed by atoms with van der Waals surface area (Å²) in [4.78, 5) is 0. The van der Waals surface area contributed by atoms with Crippen molar-refractivity contribution in [1.82, 2.24) is 5.32 Å². The molecule has 0 bridgehead atoms. The molecule has 0 aliphatic rings. The third-order valence-corrected chi connectivity index (χ3v) is 2.48. The zero-order valence-electron chi connectivity index (χ0n) is 10.1. The first-order chi connectivity index (χ1) is 7.61. The third kappa shape index (κ3) is 4.58. The van der Waals surface area contributed by atoms with Crippen LogP contribution in [0.1, 0.15) is 25.8 Å². The molecule has 0 aliphatic carbocycles. The van der Waals surface area contributed by atoms with Crippen molar-refractivity contribution >= 4 is 0 Å². The van der Waals surface area contributed by atoms with E-state index >= 15 is 0 Å². The topological polar surface area (TPSA) is 12.0 Å². The number of likely N-dealkylation sites (N-methyl/N-ethyl adjacent to an activating group) is 1. The van der Waals surface area contributed by atoms with Crippen LogP contribution in [0.3, 0.4) is 0 Å². The number of hydrogen-bond donors (Lipinski definition) is 1. The molecule has 0 aliphatic heterocycles. The summed E-state index contributed by atoms with van der Waals surface area (Å²) in [5, 5.41) is 3.42. The Bertz CT molecular complexity index is 329. The lowest BCUT2D eigenvalue weighted by atomic mass is 10.0. The summed E-state index contributed by atoms with van der Waals surface area (Å²) in [6, 6.07) is 7.11. The van der Waals surface area contributed by atoms with Gasteiger partial charge in [0.05, 0.1) is 0 Å². The highest BCUT2D eigenvalue weighted by molar-refractivity contribution is 5.17. The van der Waals surface area contributed by atoms with E-state index in [-0.39, 0.29) is 5.82 Å². The molecule has 1 unspecified atom stereocenters. The van der Waals surface area contributed by atoms with Crippen molar-refractivity contribution in [3.05, 3.63) is 47.8 Å². The second-order valence-electron chi connectivity index (χ2n) is 4.25. The van der Waals surface area contributed by atoms with Crippen LogP contribution in [0.25, 0.3) is 0 Å². The van der Waals surface area contributed by atoms with E-state index in [4.69, 9.17) is 0 Å². The predicted octanol–water partition coefficient (Wildman–Crippen LogP) is 3.31. The highest BCUT2D eigenvalue weighted by Crippen LogP contribution is 2.10. The number of rotatable bonds is 6. The molecule has 0 saturated carbocycles. The first-order valence-electron chi connectivity index (χ1n) is 5.74. The summed E-state index contributed by atoms with van der Waals surface area (Å²) in [6.45, 7) is 9.01. The minimum atomic E-state index is -0.177. The second kappa shape index (κ2) is 6.44. The Morgan fingerprint density at radius 1 is 1.38 bits per heavy atom. The Kier molecular flexibility index (Phi) is 5.20. The zero-order valence-corrected chi connectivity index (χ0v) is 10.1. The van der Waals surface area contributed by atoms with Gasteiger partial charge in [-0.2, -0.15) is 0 Å². The van der Waals surface area contributed by atoms with Crippen LogP contribution in [-0.2, 0) is 6.42 Å². The molecule has 2 heteroatoms. The van der Waals surface area contributed by atoms with Gasteiger partial charge in [-0.05, 0) is 44.0 Å². The normalized spacial score (nSPS) is 12.4. The van der Waals surface area contributed by atoms with Crippen LogP contribution in [-0.4, -0.2) is 12.6 Å². The Labute approximate surface area is 97.4 Å². The fourth-order valence-electron chi connectivity index (χ4n) is 1.83. The van der Waals surface area contributed by atoms with Gasteiger partial charge in [-0.15, -0.1) is 6.58 Å². The maximum absolute atomic E-state index is 12.8. The van der Waals surface area contributed by atoms with Gasteiger partial charge in [0.25, 0.3) is 0 Å². The van der Waals surface area contributed by atoms with Crippen LogP contribution < -0.4 is 5.32 Å². The quantitative estimate of drug-likeness (QED) is 0.727. The van der Waals surface area contributed by atoms with Crippen molar-refractivity contribution < 1.29 is 4.39 Å². The molecule has 16 heavy (non-hydrogen) atoms. The number of halogens is 1. The average Bonchev–Trinajstić information content (AvgIpc) is 2.21. The molecule has 0 heterocycles. The molecular weight excluding hydrogens is 201 g/mol. The minimum absolute atomic E-state index is 0.177. The molecule has 1 aromatic carbocycles. The molecule has 1 atom stereocenters. The molecule has 0 fully saturated rings. The van der Waals surface area contributed by atoms with E-state index in [1.807, 2.05) is 19.1 Å². The lowest BCUT2D eigenvalue weighted by Crippen LogP contribution is -2.31. The van der Waals surface area contributed by atoms with Crippen molar-refractivity contribution in [3.8, 4) is 0 Å². The van der Waals surface area contributed by atoms with Crippen LogP contribution in [0.5, 0.6) is 0 Å². The number of hydrogen-bond acceptors (Lipinski definition) is 1. The van der Waals surface area contributed by atoms with Crippen molar-refractivity contribution in [1.29, 1.82) is 0 Å². The first-order valence-corrected chi connectivity index (χ1v) is 5.74. The summed E-state index contributed by atoms with van der Waals surface area (Å²) in [7, 11) is 0. The van der Waals surface area contributed by atoms with Gasteiger partial charge >= 0.3 is 0 Å². The van der Waals surface area contributed by atoms with Crippen molar-refractivity contribution in [2.24, 2.45) is 0 Å². The Morgan fingerprint density at radius 2 is 2.00 bits per heavy atom. The molecule has 0 spiro atoms. The lowest BCUT2D eigenvalue weighted by molar-refractivity contribution is 0.519. The molecule has 1 rings (SSSR count). The molecule has 1 nitrogen and oxygen atoms in total. The molecule has 0 amide bonds. The van der Waals surface area contributed by atoms with Gasteiger partial charge in [0.2, 0.25) is 0 Å². The fourth-order valence-corrected chi connectivity index (χ4v) is 1.83. The standard InChI is InChI=1S/C14H20FN/c1-4-16-14(9-11(2)3)10-12-5-7-13(15)8-6-12/h5-8,14,16H,2,4,9-10H2,1,3H3. The number of nitrogens with one attached hydrogen (secondary N) is 1. The van der Waals surface area contributed by atoms with Crippen molar-refractivity contribution in [2.75, 3.05) is 6.54 Å². The van der Waals surface area contributed by atoms with Crippen molar-refractivity contribution in [2.45, 2.75) is 32.7 Å². The summed E-state index contributed by atoms with van der Waals surface area (Å²) in [5.41, 5.74) is 2.33. The third-order valence-electron chi connectivity index (χ3n) is 2.48. The van der Waals surface area contributed by atoms with Crippen molar-refractivity contribution in [3.63, 3.8) is 0 Å². The average molecular weight is 221 g/mol. The SMILES string of the molecule is C=C(C)CC(Cc1ccc(F)cc1)NCC. The smallest absolute Gasteiger partial charge is 0.123 e. The maximum Gasteiger partial charge on any atom is 0.123 e. The maximum atomic E-state index is 12.8. The van der Waals surface area contributed by atoms with E-state index in [0.29, 0.717) is 6.04 Å². The minimum Gasteiger partial charge on any atom is -0.314 e. The highest BCUT2D eigenvalue weighted by Gasteiger charge is 2.08. The van der Waals surface area contributed by atoms with Gasteiger partial charge in [0.1, 0.15) is 5.82 Å². The molecule has 0 radical (unpaired) electrons. The molecule has 0 aromatic heterocycles. The van der Waals surface area contributed by atoms with E-state index < -0.39 is 0 Å². The van der Waals surface area contributed by atoms with E-state index in [0.717, 1.165) is 24.9 Å². The van der Waals surface area contributed by atoms with Crippen LogP contribution in [0, 0.1) is 5.82 Å². The second-order valence-corrected chi connectivity index (χ2v) is 4.25. The monoisotopic (exact) mass is 221 g/mol. The predicted molar refractivity (Wildman–Crippen MR) is 67.0 cm³/mol. The summed E-state index contributed by atoms with van der Waals surface area (Å²) in [6.07, 6.45) is 1.88. The summed E-state index contributed by atoms with van der Waals surface area (Å²) < 4.78 is 12.8. The van der Waals surface area contributed by atoms with Gasteiger partial charge < -0.3 is 5.32 Å². The van der Waals surface area contributed by atoms with E-state index in [2.05, 4.69) is 18.8 Å². The number of benzene rings is 1. The van der Waals surface area contributed by atoms with Crippen LogP contribution in [0.15, 0.2) is 36.4 Å². The molecule has 88 valence electrons. The summed E-state index contributed by atoms with van der Waals surface area (Å²) >= 11 is 0. The molecule has 0 saturated heterocycles. The van der Waals surface area contributed by atoms with Gasteiger partial charge in [0, 0.05) is 6.04 Å².